The lowest BCUT2D eigenvalue weighted by atomic mass is 9.92. The fourth-order valence-corrected chi connectivity index (χ4v) is 4.28. The Balaban J connectivity index is 1.60. The summed E-state index contributed by atoms with van der Waals surface area (Å²) in [6.45, 7) is 8.45. The highest BCUT2D eigenvalue weighted by atomic mass is 32.2. The highest BCUT2D eigenvalue weighted by Gasteiger charge is 2.30. The molecule has 3 rings (SSSR count). The molecule has 0 N–H and O–H groups in total. The van der Waals surface area contributed by atoms with Crippen LogP contribution in [-0.2, 0) is 25.6 Å². The molecule has 0 saturated carbocycles. The molecule has 1 fully saturated rings. The second kappa shape index (κ2) is 8.81. The summed E-state index contributed by atoms with van der Waals surface area (Å²) in [7, 11) is -3.85. The van der Waals surface area contributed by atoms with Crippen LogP contribution in [0.25, 0.3) is 0 Å². The van der Waals surface area contributed by atoms with E-state index in [1.807, 2.05) is 27.7 Å². The first kappa shape index (κ1) is 22.4. The van der Waals surface area contributed by atoms with Gasteiger partial charge >= 0.3 is 6.09 Å². The third-order valence-electron chi connectivity index (χ3n) is 4.98. The number of ether oxygens (including phenoxy) is 1. The maximum absolute atomic E-state index is 12.4. The minimum atomic E-state index is -3.85. The topological polar surface area (TPSA) is 86.1 Å². The molecule has 164 valence electrons. The van der Waals surface area contributed by atoms with Gasteiger partial charge in [0.1, 0.15) is 11.4 Å². The van der Waals surface area contributed by atoms with Gasteiger partial charge in [0, 0.05) is 24.6 Å². The van der Waals surface area contributed by atoms with Crippen LogP contribution in [0, 0.1) is 6.92 Å². The molecule has 1 aromatic heterocycles. The summed E-state index contributed by atoms with van der Waals surface area (Å²) in [6.07, 6.45) is 2.66. The van der Waals surface area contributed by atoms with E-state index >= 15 is 0 Å². The Kier molecular flexibility index (Phi) is 6.57. The predicted octanol–water partition coefficient (Wildman–Crippen LogP) is 4.61. The van der Waals surface area contributed by atoms with Crippen molar-refractivity contribution in [2.45, 2.75) is 63.6 Å². The van der Waals surface area contributed by atoms with Gasteiger partial charge in [0.2, 0.25) is 0 Å². The van der Waals surface area contributed by atoms with Gasteiger partial charge in [-0.15, -0.1) is 0 Å². The first-order chi connectivity index (χ1) is 14.0. The molecule has 7 nitrogen and oxygen atoms in total. The Morgan fingerprint density at radius 1 is 1.13 bits per heavy atom. The Bertz CT molecular complexity index is 964. The summed E-state index contributed by atoms with van der Waals surface area (Å²) in [5.74, 6) is 0.817. The fraction of sp³-hybridized carbons (Fsp3) is 0.500. The van der Waals surface area contributed by atoms with Gasteiger partial charge in [-0.1, -0.05) is 17.7 Å². The first-order valence-corrected chi connectivity index (χ1v) is 11.5. The molecule has 8 heteroatoms. The molecule has 1 aliphatic heterocycles. The van der Waals surface area contributed by atoms with Gasteiger partial charge < -0.3 is 14.1 Å². The van der Waals surface area contributed by atoms with Gasteiger partial charge in [0.15, 0.2) is 0 Å². The Hall–Kier alpha value is -2.32. The summed E-state index contributed by atoms with van der Waals surface area (Å²) in [5.41, 5.74) is 1.16. The fourth-order valence-electron chi connectivity index (χ4n) is 3.39. The van der Waals surface area contributed by atoms with Crippen molar-refractivity contribution < 1.29 is 26.5 Å². The van der Waals surface area contributed by atoms with E-state index in [1.165, 1.54) is 12.1 Å². The number of likely N-dealkylation sites (tertiary alicyclic amines) is 1. The lowest BCUT2D eigenvalue weighted by Gasteiger charge is -2.33. The molecule has 30 heavy (non-hydrogen) atoms. The molecular formula is C22H29NO6S. The van der Waals surface area contributed by atoms with Crippen molar-refractivity contribution in [3.05, 3.63) is 53.5 Å². The number of hydrogen-bond acceptors (Lipinski definition) is 6. The summed E-state index contributed by atoms with van der Waals surface area (Å²) < 4.78 is 41.3. The Morgan fingerprint density at radius 2 is 1.77 bits per heavy atom. The second-order valence-corrected chi connectivity index (χ2v) is 10.2. The van der Waals surface area contributed by atoms with Crippen LogP contribution in [0.5, 0.6) is 0 Å². The van der Waals surface area contributed by atoms with Crippen molar-refractivity contribution in [1.82, 2.24) is 4.90 Å². The first-order valence-electron chi connectivity index (χ1n) is 10.1. The predicted molar refractivity (Wildman–Crippen MR) is 112 cm³/mol. The van der Waals surface area contributed by atoms with Gasteiger partial charge in [-0.3, -0.25) is 4.18 Å². The van der Waals surface area contributed by atoms with E-state index in [1.54, 1.807) is 29.4 Å². The molecule has 2 aromatic rings. The lowest BCUT2D eigenvalue weighted by molar-refractivity contribution is 0.0200. The Morgan fingerprint density at radius 3 is 2.37 bits per heavy atom. The molecule has 1 amide bonds. The summed E-state index contributed by atoms with van der Waals surface area (Å²) in [4.78, 5) is 14.1. The third-order valence-corrected chi connectivity index (χ3v) is 6.26. The van der Waals surface area contributed by atoms with Crippen LogP contribution < -0.4 is 0 Å². The number of carbonyl (C=O) groups is 1. The van der Waals surface area contributed by atoms with E-state index in [2.05, 4.69) is 0 Å². The van der Waals surface area contributed by atoms with Crippen LogP contribution in [-0.4, -0.2) is 38.1 Å². The molecule has 0 spiro atoms. The van der Waals surface area contributed by atoms with Gasteiger partial charge in [0.05, 0.1) is 17.8 Å². The summed E-state index contributed by atoms with van der Waals surface area (Å²) in [5, 5.41) is 0. The van der Waals surface area contributed by atoms with Gasteiger partial charge in [-0.25, -0.2) is 4.79 Å². The average Bonchev–Trinajstić information content (AvgIpc) is 3.14. The monoisotopic (exact) mass is 435 g/mol. The molecule has 1 aromatic carbocycles. The molecular weight excluding hydrogens is 406 g/mol. The molecule has 0 unspecified atom stereocenters. The highest BCUT2D eigenvalue weighted by Crippen LogP contribution is 2.32. The summed E-state index contributed by atoms with van der Waals surface area (Å²) in [6, 6.07) is 8.27. The van der Waals surface area contributed by atoms with Crippen molar-refractivity contribution in [1.29, 1.82) is 0 Å². The lowest BCUT2D eigenvalue weighted by Crippen LogP contribution is -2.41. The van der Waals surface area contributed by atoms with Crippen molar-refractivity contribution in [3.63, 3.8) is 0 Å². The van der Waals surface area contributed by atoms with E-state index in [0.717, 1.165) is 11.3 Å². The zero-order valence-electron chi connectivity index (χ0n) is 17.9. The molecule has 0 bridgehead atoms. The molecule has 0 radical (unpaired) electrons. The zero-order valence-corrected chi connectivity index (χ0v) is 18.7. The minimum Gasteiger partial charge on any atom is -0.469 e. The smallest absolute Gasteiger partial charge is 0.410 e. The largest absolute Gasteiger partial charge is 0.469 e. The number of amides is 1. The number of carbonyl (C=O) groups excluding carboxylic acids is 1. The number of hydrogen-bond donors (Lipinski definition) is 0. The van der Waals surface area contributed by atoms with Crippen LogP contribution in [0.2, 0.25) is 0 Å². The minimum absolute atomic E-state index is 0.0890. The van der Waals surface area contributed by atoms with Crippen LogP contribution >= 0.6 is 0 Å². The molecule has 0 atom stereocenters. The van der Waals surface area contributed by atoms with Crippen molar-refractivity contribution >= 4 is 16.2 Å². The number of rotatable bonds is 5. The van der Waals surface area contributed by atoms with Crippen LogP contribution in [0.3, 0.4) is 0 Å². The zero-order chi connectivity index (χ0) is 21.9. The molecule has 1 saturated heterocycles. The van der Waals surface area contributed by atoms with Crippen LogP contribution in [0.1, 0.15) is 56.4 Å². The van der Waals surface area contributed by atoms with E-state index in [0.29, 0.717) is 31.5 Å². The van der Waals surface area contributed by atoms with Crippen molar-refractivity contribution in [2.75, 3.05) is 13.1 Å². The maximum Gasteiger partial charge on any atom is 0.410 e. The normalized spacial score (nSPS) is 15.9. The third kappa shape index (κ3) is 5.64. The number of furan rings is 1. The number of aryl methyl sites for hydroxylation is 1. The second-order valence-electron chi connectivity index (χ2n) is 8.58. The Labute approximate surface area is 178 Å². The number of benzene rings is 1. The number of piperidine rings is 1. The molecule has 0 aliphatic carbocycles. The summed E-state index contributed by atoms with van der Waals surface area (Å²) >= 11 is 0. The molecule has 2 heterocycles. The van der Waals surface area contributed by atoms with Gasteiger partial charge in [-0.2, -0.15) is 8.42 Å². The quantitative estimate of drug-likeness (QED) is 0.638. The van der Waals surface area contributed by atoms with Gasteiger partial charge in [0.25, 0.3) is 10.1 Å². The van der Waals surface area contributed by atoms with Crippen LogP contribution in [0.4, 0.5) is 4.79 Å². The van der Waals surface area contributed by atoms with E-state index in [4.69, 9.17) is 13.3 Å². The van der Waals surface area contributed by atoms with Crippen molar-refractivity contribution in [3.8, 4) is 0 Å². The van der Waals surface area contributed by atoms with E-state index in [9.17, 15) is 13.2 Å². The molecule has 1 aliphatic rings. The highest BCUT2D eigenvalue weighted by molar-refractivity contribution is 7.86. The maximum atomic E-state index is 12.4. The SMILES string of the molecule is Cc1ccc(S(=O)(=O)OCc2ccoc2C2CCN(C(=O)OC(C)(C)C)CC2)cc1. The number of nitrogens with zero attached hydrogens (tertiary/aromatic N) is 1. The van der Waals surface area contributed by atoms with E-state index < -0.39 is 15.7 Å². The van der Waals surface area contributed by atoms with Crippen LogP contribution in [0.15, 0.2) is 45.9 Å². The average molecular weight is 436 g/mol. The standard InChI is InChI=1S/C22H29NO6S/c1-16-5-7-19(8-6-16)30(25,26)28-15-18-11-14-27-20(18)17-9-12-23(13-10-17)21(24)29-22(2,3)4/h5-8,11,14,17H,9-10,12-13,15H2,1-4H3. The van der Waals surface area contributed by atoms with Crippen molar-refractivity contribution in [2.24, 2.45) is 0 Å². The van der Waals surface area contributed by atoms with Gasteiger partial charge in [-0.05, 0) is 58.7 Å². The van der Waals surface area contributed by atoms with E-state index in [-0.39, 0.29) is 23.5 Å².